The predicted molar refractivity (Wildman–Crippen MR) is 120 cm³/mol. The molecule has 0 unspecified atom stereocenters. The first-order valence-electron chi connectivity index (χ1n) is 12.3. The molecule has 4 aliphatic carbocycles. The molecule has 0 amide bonds. The van der Waals surface area contributed by atoms with Gasteiger partial charge in [0, 0.05) is 30.7 Å². The molecule has 174 valence electrons. The van der Waals surface area contributed by atoms with Crippen molar-refractivity contribution in [3.05, 3.63) is 0 Å². The van der Waals surface area contributed by atoms with Gasteiger partial charge in [0.2, 0.25) is 0 Å². The average Bonchev–Trinajstić information content (AvgIpc) is 3.04. The minimum absolute atomic E-state index is 0. The monoisotopic (exact) mass is 451 g/mol. The molecule has 4 saturated carbocycles. The lowest BCUT2D eigenvalue weighted by Gasteiger charge is -2.59. The van der Waals surface area contributed by atoms with Gasteiger partial charge in [0.05, 0.1) is 5.92 Å². The number of ether oxygens (including phenoxy) is 1. The fraction of sp³-hybridized carbons (Fsp3) is 0.880. The molecule has 0 bridgehead atoms. The van der Waals surface area contributed by atoms with Crippen molar-refractivity contribution in [2.45, 2.75) is 84.2 Å². The first-order chi connectivity index (χ1) is 14.3. The Balaban J connectivity index is 0.00000231. The second-order valence-electron chi connectivity index (χ2n) is 11.4. The molecule has 5 fully saturated rings. The Kier molecular flexibility index (Phi) is 6.33. The van der Waals surface area contributed by atoms with Crippen LogP contribution in [-0.2, 0) is 19.1 Å². The molecule has 0 aromatic rings. The quantitative estimate of drug-likeness (QED) is 0.639. The van der Waals surface area contributed by atoms with Gasteiger partial charge in [-0.2, -0.15) is 0 Å². The second-order valence-corrected chi connectivity index (χ2v) is 11.4. The third-order valence-corrected chi connectivity index (χ3v) is 10.0. The van der Waals surface area contributed by atoms with Crippen molar-refractivity contribution in [1.29, 1.82) is 0 Å². The summed E-state index contributed by atoms with van der Waals surface area (Å²) in [5, 5.41) is 3.29. The Hall–Kier alpha value is -0.940. The van der Waals surface area contributed by atoms with E-state index in [1.807, 2.05) is 0 Å². The summed E-state index contributed by atoms with van der Waals surface area (Å²) in [5.41, 5.74) is -0.187. The van der Waals surface area contributed by atoms with E-state index in [2.05, 4.69) is 19.2 Å². The Morgan fingerprint density at radius 3 is 2.61 bits per heavy atom. The molecule has 0 aromatic carbocycles. The number of Topliss-reactive ketones (excluding diaryl/α,β-unsaturated/α-hetero) is 2. The molecule has 1 aliphatic heterocycles. The Bertz CT molecular complexity index is 750. The number of hydrogen-bond acceptors (Lipinski definition) is 5. The van der Waals surface area contributed by atoms with E-state index in [4.69, 9.17) is 4.74 Å². The van der Waals surface area contributed by atoms with Crippen LogP contribution in [0.3, 0.4) is 0 Å². The molecule has 0 radical (unpaired) electrons. The molecule has 8 atom stereocenters. The van der Waals surface area contributed by atoms with E-state index in [9.17, 15) is 14.4 Å². The van der Waals surface area contributed by atoms with Gasteiger partial charge in [-0.25, -0.2) is 0 Å². The third kappa shape index (κ3) is 3.68. The van der Waals surface area contributed by atoms with Crippen molar-refractivity contribution in [1.82, 2.24) is 5.32 Å². The van der Waals surface area contributed by atoms with Crippen molar-refractivity contribution < 1.29 is 19.1 Å². The first kappa shape index (κ1) is 23.2. The topological polar surface area (TPSA) is 72.5 Å². The number of piperidine rings is 1. The van der Waals surface area contributed by atoms with Crippen LogP contribution in [0.4, 0.5) is 0 Å². The summed E-state index contributed by atoms with van der Waals surface area (Å²) >= 11 is 0. The average molecular weight is 452 g/mol. The maximum atomic E-state index is 13.4. The fourth-order valence-electron chi connectivity index (χ4n) is 8.20. The van der Waals surface area contributed by atoms with E-state index in [0.29, 0.717) is 55.1 Å². The number of carbonyl (C=O) groups excluding carboxylic acids is 3. The van der Waals surface area contributed by atoms with Gasteiger partial charge in [-0.1, -0.05) is 13.8 Å². The van der Waals surface area contributed by atoms with Crippen LogP contribution >= 0.6 is 12.4 Å². The Labute approximate surface area is 192 Å². The molecule has 6 heteroatoms. The molecule has 0 aromatic heterocycles. The van der Waals surface area contributed by atoms with Gasteiger partial charge < -0.3 is 10.1 Å². The highest BCUT2D eigenvalue weighted by Crippen LogP contribution is 2.64. The van der Waals surface area contributed by atoms with Crippen LogP contribution in [0.15, 0.2) is 0 Å². The van der Waals surface area contributed by atoms with Gasteiger partial charge >= 0.3 is 5.97 Å². The number of hydrogen-bond donors (Lipinski definition) is 1. The molecule has 1 N–H and O–H groups in total. The van der Waals surface area contributed by atoms with Crippen LogP contribution in [-0.4, -0.2) is 36.7 Å². The molecule has 31 heavy (non-hydrogen) atoms. The zero-order chi connectivity index (χ0) is 21.1. The summed E-state index contributed by atoms with van der Waals surface area (Å²) in [7, 11) is 0. The zero-order valence-corrected chi connectivity index (χ0v) is 19.8. The van der Waals surface area contributed by atoms with Crippen LogP contribution in [0.5, 0.6) is 0 Å². The molecule has 1 saturated heterocycles. The SMILES string of the molecule is C[C@]12CC[C@H](OC(=O)[C@@H]3CCCNC3)C[C@@H]1C(=O)C[C@@H]1[C@@H]2CC[C@]2(C)C(=O)CC[C@@H]12.Cl. The van der Waals surface area contributed by atoms with Crippen molar-refractivity contribution in [3.63, 3.8) is 0 Å². The largest absolute Gasteiger partial charge is 0.462 e. The summed E-state index contributed by atoms with van der Waals surface area (Å²) in [6.45, 7) is 6.19. The standard InChI is InChI=1S/C25H37NO4.ClH/c1-24-9-7-16(30-23(29)15-4-3-11-26-14-15)12-20(24)21(27)13-17-18-5-6-22(28)25(18,2)10-8-19(17)24;/h15-20,26H,3-14H2,1-2H3;1H/t15-,16+,17+,18+,19+,20-,24-,25+;/m1./s1. The normalized spacial score (nSPS) is 46.9. The molecule has 1 heterocycles. The Morgan fingerprint density at radius 2 is 1.87 bits per heavy atom. The van der Waals surface area contributed by atoms with Crippen LogP contribution < -0.4 is 5.32 Å². The smallest absolute Gasteiger partial charge is 0.310 e. The number of fused-ring (bicyclic) bond motifs is 5. The Morgan fingerprint density at radius 1 is 1.06 bits per heavy atom. The van der Waals surface area contributed by atoms with Gasteiger partial charge in [0.1, 0.15) is 17.7 Å². The lowest BCUT2D eigenvalue weighted by atomic mass is 9.45. The lowest BCUT2D eigenvalue weighted by molar-refractivity contribution is -0.172. The van der Waals surface area contributed by atoms with Crippen molar-refractivity contribution in [2.75, 3.05) is 13.1 Å². The van der Waals surface area contributed by atoms with E-state index in [0.717, 1.165) is 51.5 Å². The molecule has 0 spiro atoms. The second kappa shape index (κ2) is 8.44. The summed E-state index contributed by atoms with van der Waals surface area (Å²) in [4.78, 5) is 38.6. The van der Waals surface area contributed by atoms with Crippen molar-refractivity contribution in [3.8, 4) is 0 Å². The highest BCUT2D eigenvalue weighted by Gasteiger charge is 2.62. The molecular weight excluding hydrogens is 414 g/mol. The van der Waals surface area contributed by atoms with E-state index < -0.39 is 0 Å². The maximum Gasteiger partial charge on any atom is 0.310 e. The van der Waals surface area contributed by atoms with Crippen molar-refractivity contribution >= 4 is 29.9 Å². The summed E-state index contributed by atoms with van der Waals surface area (Å²) in [6, 6.07) is 0. The summed E-state index contributed by atoms with van der Waals surface area (Å²) in [5.74, 6) is 1.99. The zero-order valence-electron chi connectivity index (χ0n) is 19.0. The number of halogens is 1. The molecule has 5 aliphatic rings. The maximum absolute atomic E-state index is 13.4. The van der Waals surface area contributed by atoms with E-state index >= 15 is 0 Å². The third-order valence-electron chi connectivity index (χ3n) is 10.0. The molecule has 5 nitrogen and oxygen atoms in total. The van der Waals surface area contributed by atoms with Gasteiger partial charge in [0.25, 0.3) is 0 Å². The van der Waals surface area contributed by atoms with E-state index in [1.54, 1.807) is 0 Å². The van der Waals surface area contributed by atoms with Gasteiger partial charge in [-0.15, -0.1) is 12.4 Å². The number of ketones is 2. The van der Waals surface area contributed by atoms with Gasteiger partial charge in [-0.05, 0) is 81.1 Å². The van der Waals surface area contributed by atoms with Gasteiger partial charge in [0.15, 0.2) is 0 Å². The lowest BCUT2D eigenvalue weighted by Crippen LogP contribution is -2.57. The minimum Gasteiger partial charge on any atom is -0.462 e. The van der Waals surface area contributed by atoms with Crippen LogP contribution in [0.25, 0.3) is 0 Å². The number of rotatable bonds is 2. The van der Waals surface area contributed by atoms with Crippen LogP contribution in [0, 0.1) is 40.4 Å². The fourth-order valence-corrected chi connectivity index (χ4v) is 8.20. The number of esters is 1. The van der Waals surface area contributed by atoms with Gasteiger partial charge in [-0.3, -0.25) is 14.4 Å². The number of nitrogens with one attached hydrogen (secondary N) is 1. The summed E-state index contributed by atoms with van der Waals surface area (Å²) < 4.78 is 5.93. The highest BCUT2D eigenvalue weighted by atomic mass is 35.5. The predicted octanol–water partition coefficient (Wildman–Crippen LogP) is 4.11. The highest BCUT2D eigenvalue weighted by molar-refractivity contribution is 5.88. The van der Waals surface area contributed by atoms with E-state index in [1.165, 1.54) is 0 Å². The van der Waals surface area contributed by atoms with Crippen LogP contribution in [0.2, 0.25) is 0 Å². The molecule has 5 rings (SSSR count). The van der Waals surface area contributed by atoms with Crippen LogP contribution in [0.1, 0.15) is 78.1 Å². The minimum atomic E-state index is -0.189. The number of carbonyl (C=O) groups is 3. The summed E-state index contributed by atoms with van der Waals surface area (Å²) in [6.07, 6.45) is 8.71. The van der Waals surface area contributed by atoms with E-state index in [-0.39, 0.29) is 47.1 Å². The molecular formula is C25H38ClNO4. The van der Waals surface area contributed by atoms with Crippen molar-refractivity contribution in [2.24, 2.45) is 40.4 Å². The first-order valence-corrected chi connectivity index (χ1v) is 12.3.